The Morgan fingerprint density at radius 3 is 2.52 bits per heavy atom. The lowest BCUT2D eigenvalue weighted by molar-refractivity contribution is -0.0862. The monoisotopic (exact) mass is 292 g/mol. The van der Waals surface area contributed by atoms with Crippen LogP contribution in [0.3, 0.4) is 0 Å². The van der Waals surface area contributed by atoms with E-state index in [1.54, 1.807) is 13.3 Å². The Hall–Kier alpha value is -1.17. The third kappa shape index (κ3) is 3.54. The highest BCUT2D eigenvalue weighted by Gasteiger charge is 2.44. The fraction of sp³-hybridized carbons (Fsp3) is 0.688. The van der Waals surface area contributed by atoms with Gasteiger partial charge in [-0.1, -0.05) is 13.8 Å². The molecule has 1 aliphatic carbocycles. The van der Waals surface area contributed by atoms with Crippen LogP contribution in [-0.2, 0) is 11.2 Å². The Bertz CT molecular complexity index is 465. The quantitative estimate of drug-likeness (QED) is 0.571. The molecule has 0 spiro atoms. The van der Waals surface area contributed by atoms with E-state index in [1.807, 2.05) is 12.3 Å². The van der Waals surface area contributed by atoms with Crippen molar-refractivity contribution in [3.05, 3.63) is 24.0 Å². The summed E-state index contributed by atoms with van der Waals surface area (Å²) in [5.41, 5.74) is 10.9. The molecular weight excluding hydrogens is 264 g/mol. The van der Waals surface area contributed by atoms with Gasteiger partial charge < -0.3 is 10.5 Å². The van der Waals surface area contributed by atoms with Crippen molar-refractivity contribution in [1.29, 1.82) is 0 Å². The zero-order chi connectivity index (χ0) is 15.5. The zero-order valence-corrected chi connectivity index (χ0v) is 13.4. The number of methoxy groups -OCH3 is 1. The van der Waals surface area contributed by atoms with Gasteiger partial charge in [0.25, 0.3) is 0 Å². The molecule has 118 valence electrons. The van der Waals surface area contributed by atoms with Crippen molar-refractivity contribution in [3.63, 3.8) is 0 Å². The van der Waals surface area contributed by atoms with Crippen LogP contribution in [-0.4, -0.2) is 23.7 Å². The first-order chi connectivity index (χ1) is 9.92. The highest BCUT2D eigenvalue weighted by atomic mass is 16.5. The third-order valence-corrected chi connectivity index (χ3v) is 5.06. The maximum atomic E-state index is 6.03. The molecule has 5 N–H and O–H groups in total. The second-order valence-electron chi connectivity index (χ2n) is 6.93. The van der Waals surface area contributed by atoms with Crippen molar-refractivity contribution in [2.75, 3.05) is 12.8 Å². The molecule has 5 heteroatoms. The summed E-state index contributed by atoms with van der Waals surface area (Å²) in [6.07, 6.45) is 8.54. The summed E-state index contributed by atoms with van der Waals surface area (Å²) in [7, 11) is 1.79. The lowest BCUT2D eigenvalue weighted by Crippen LogP contribution is -2.57. The minimum absolute atomic E-state index is 0.0325. The summed E-state index contributed by atoms with van der Waals surface area (Å²) in [4.78, 5) is 4.16. The van der Waals surface area contributed by atoms with Gasteiger partial charge in [-0.3, -0.25) is 16.3 Å². The van der Waals surface area contributed by atoms with Gasteiger partial charge in [-0.05, 0) is 49.1 Å². The molecule has 0 saturated heterocycles. The van der Waals surface area contributed by atoms with Gasteiger partial charge >= 0.3 is 0 Å². The Morgan fingerprint density at radius 2 is 2.00 bits per heavy atom. The summed E-state index contributed by atoms with van der Waals surface area (Å²) in [6.45, 7) is 4.63. The first kappa shape index (κ1) is 16.2. The summed E-state index contributed by atoms with van der Waals surface area (Å²) in [6, 6.07) is 1.86. The SMILES string of the molecule is COC1(C(Cc2cnccc2N)NN)CCC(C)(C)CC1. The molecule has 1 aliphatic rings. The predicted molar refractivity (Wildman–Crippen MR) is 85.5 cm³/mol. The highest BCUT2D eigenvalue weighted by molar-refractivity contribution is 5.44. The van der Waals surface area contributed by atoms with Gasteiger partial charge in [-0.25, -0.2) is 0 Å². The van der Waals surface area contributed by atoms with E-state index in [0.29, 0.717) is 5.41 Å². The van der Waals surface area contributed by atoms with Gasteiger partial charge in [0.1, 0.15) is 0 Å². The fourth-order valence-electron chi connectivity index (χ4n) is 3.27. The molecule has 1 unspecified atom stereocenters. The fourth-order valence-corrected chi connectivity index (χ4v) is 3.27. The van der Waals surface area contributed by atoms with E-state index < -0.39 is 0 Å². The standard InChI is InChI=1S/C16H28N4O/c1-15(2)5-7-16(21-3,8-6-15)14(20-18)10-12-11-19-9-4-13(12)17/h4,9,11,14,20H,5-8,10,18H2,1-3H3,(H2,17,19). The second kappa shape index (κ2) is 6.30. The topological polar surface area (TPSA) is 86.2 Å². The first-order valence-electron chi connectivity index (χ1n) is 7.62. The molecule has 0 amide bonds. The van der Waals surface area contributed by atoms with Gasteiger partial charge in [-0.15, -0.1) is 0 Å². The molecule has 5 nitrogen and oxygen atoms in total. The van der Waals surface area contributed by atoms with Crippen molar-refractivity contribution in [3.8, 4) is 0 Å². The molecule has 0 bridgehead atoms. The van der Waals surface area contributed by atoms with Crippen LogP contribution >= 0.6 is 0 Å². The van der Waals surface area contributed by atoms with Crippen LogP contribution in [0, 0.1) is 5.41 Å². The van der Waals surface area contributed by atoms with E-state index in [-0.39, 0.29) is 11.6 Å². The number of nitrogen functional groups attached to an aromatic ring is 1. The van der Waals surface area contributed by atoms with Gasteiger partial charge in [0.15, 0.2) is 0 Å². The second-order valence-corrected chi connectivity index (χ2v) is 6.93. The number of hydrogen-bond acceptors (Lipinski definition) is 5. The number of hydrazine groups is 1. The lowest BCUT2D eigenvalue weighted by atomic mass is 9.67. The van der Waals surface area contributed by atoms with E-state index in [4.69, 9.17) is 16.3 Å². The summed E-state index contributed by atoms with van der Waals surface area (Å²) in [5.74, 6) is 5.84. The molecule has 1 fully saturated rings. The molecule has 1 aromatic rings. The Balaban J connectivity index is 2.17. The maximum Gasteiger partial charge on any atom is 0.0848 e. The Labute approximate surface area is 127 Å². The van der Waals surface area contributed by atoms with Gasteiger partial charge in [0.2, 0.25) is 0 Å². The van der Waals surface area contributed by atoms with Crippen LogP contribution in [0.25, 0.3) is 0 Å². The van der Waals surface area contributed by atoms with Crippen LogP contribution in [0.1, 0.15) is 45.1 Å². The average molecular weight is 292 g/mol. The van der Waals surface area contributed by atoms with E-state index in [2.05, 4.69) is 24.3 Å². The largest absolute Gasteiger partial charge is 0.398 e. The van der Waals surface area contributed by atoms with Crippen molar-refractivity contribution >= 4 is 5.69 Å². The third-order valence-electron chi connectivity index (χ3n) is 5.06. The molecule has 1 aromatic heterocycles. The van der Waals surface area contributed by atoms with Gasteiger partial charge in [0, 0.05) is 25.2 Å². The molecule has 1 saturated carbocycles. The first-order valence-corrected chi connectivity index (χ1v) is 7.62. The van der Waals surface area contributed by atoms with Crippen molar-refractivity contribution in [2.45, 2.75) is 57.6 Å². The normalized spacial score (nSPS) is 21.9. The molecule has 0 radical (unpaired) electrons. The minimum Gasteiger partial charge on any atom is -0.398 e. The number of rotatable bonds is 5. The number of nitrogens with two attached hydrogens (primary N) is 2. The molecule has 21 heavy (non-hydrogen) atoms. The summed E-state index contributed by atoms with van der Waals surface area (Å²) >= 11 is 0. The van der Waals surface area contributed by atoms with Crippen molar-refractivity contribution in [1.82, 2.24) is 10.4 Å². The maximum absolute atomic E-state index is 6.03. The molecule has 2 rings (SSSR count). The number of nitrogens with zero attached hydrogens (tertiary/aromatic N) is 1. The lowest BCUT2D eigenvalue weighted by Gasteiger charge is -2.47. The molecule has 0 aromatic carbocycles. The van der Waals surface area contributed by atoms with Crippen LogP contribution in [0.15, 0.2) is 18.5 Å². The van der Waals surface area contributed by atoms with E-state index >= 15 is 0 Å². The number of pyridine rings is 1. The van der Waals surface area contributed by atoms with Crippen LogP contribution in [0.2, 0.25) is 0 Å². The van der Waals surface area contributed by atoms with Crippen LogP contribution in [0.5, 0.6) is 0 Å². The van der Waals surface area contributed by atoms with E-state index in [1.165, 1.54) is 0 Å². The number of nitrogens with one attached hydrogen (secondary N) is 1. The molecule has 0 aliphatic heterocycles. The summed E-state index contributed by atoms with van der Waals surface area (Å²) < 4.78 is 5.93. The molecular formula is C16H28N4O. The molecule has 1 atom stereocenters. The van der Waals surface area contributed by atoms with Gasteiger partial charge in [-0.2, -0.15) is 0 Å². The van der Waals surface area contributed by atoms with E-state index in [0.717, 1.165) is 43.4 Å². The van der Waals surface area contributed by atoms with Crippen LogP contribution < -0.4 is 17.0 Å². The number of ether oxygens (including phenoxy) is 1. The number of hydrogen-bond donors (Lipinski definition) is 3. The molecule has 1 heterocycles. The minimum atomic E-state index is -0.230. The van der Waals surface area contributed by atoms with E-state index in [9.17, 15) is 0 Å². The summed E-state index contributed by atoms with van der Waals surface area (Å²) in [5, 5.41) is 0. The number of anilines is 1. The van der Waals surface area contributed by atoms with Crippen molar-refractivity contribution < 1.29 is 4.74 Å². The van der Waals surface area contributed by atoms with Crippen LogP contribution in [0.4, 0.5) is 5.69 Å². The highest BCUT2D eigenvalue weighted by Crippen LogP contribution is 2.43. The smallest absolute Gasteiger partial charge is 0.0848 e. The number of aromatic nitrogens is 1. The zero-order valence-electron chi connectivity index (χ0n) is 13.4. The predicted octanol–water partition coefficient (Wildman–Crippen LogP) is 2.02. The van der Waals surface area contributed by atoms with Gasteiger partial charge in [0.05, 0.1) is 11.6 Å². The average Bonchev–Trinajstić information content (AvgIpc) is 2.47. The van der Waals surface area contributed by atoms with Crippen molar-refractivity contribution in [2.24, 2.45) is 11.3 Å². The Kier molecular flexibility index (Phi) is 4.86. The Morgan fingerprint density at radius 1 is 1.33 bits per heavy atom.